The zero-order valence-corrected chi connectivity index (χ0v) is 11.0. The summed E-state index contributed by atoms with van der Waals surface area (Å²) in [5.74, 6) is 8.55. The van der Waals surface area contributed by atoms with Crippen LogP contribution in [0.4, 0.5) is 0 Å². The molecule has 0 saturated heterocycles. The number of rotatable bonds is 3. The fraction of sp³-hybridized carbons (Fsp3) is 1.00. The number of hydrogen-bond donors (Lipinski definition) is 1. The molecule has 2 N–H and O–H groups in total. The van der Waals surface area contributed by atoms with E-state index in [2.05, 4.69) is 20.8 Å². The van der Waals surface area contributed by atoms with Gasteiger partial charge in [0.1, 0.15) is 0 Å². The van der Waals surface area contributed by atoms with Gasteiger partial charge in [-0.15, -0.1) is 0 Å². The van der Waals surface area contributed by atoms with Crippen molar-refractivity contribution in [2.75, 3.05) is 6.61 Å². The van der Waals surface area contributed by atoms with E-state index in [9.17, 15) is 0 Å². The quantitative estimate of drug-likeness (QED) is 0.747. The lowest BCUT2D eigenvalue weighted by Crippen LogP contribution is -2.39. The standard InChI is InChI=1S/C14H27NO/c1-10-5-4-8-14(3)12(10)6-7-13(14)11(2)9-16-15/h10-13H,4-9,15H2,1-3H3/t10-,11+,12?,13?,14-/m0/s1. The van der Waals surface area contributed by atoms with E-state index in [1.807, 2.05) is 0 Å². The van der Waals surface area contributed by atoms with Gasteiger partial charge in [-0.3, -0.25) is 0 Å². The van der Waals surface area contributed by atoms with Crippen LogP contribution in [-0.4, -0.2) is 6.61 Å². The zero-order valence-electron chi connectivity index (χ0n) is 11.0. The molecular weight excluding hydrogens is 198 g/mol. The van der Waals surface area contributed by atoms with Crippen molar-refractivity contribution in [3.05, 3.63) is 0 Å². The highest BCUT2D eigenvalue weighted by Gasteiger charge is 2.51. The molecule has 0 aromatic heterocycles. The van der Waals surface area contributed by atoms with Gasteiger partial charge in [0, 0.05) is 0 Å². The molecule has 2 fully saturated rings. The Morgan fingerprint density at radius 2 is 2.12 bits per heavy atom. The first-order valence-corrected chi connectivity index (χ1v) is 6.91. The molecule has 2 nitrogen and oxygen atoms in total. The summed E-state index contributed by atoms with van der Waals surface area (Å²) in [4.78, 5) is 4.87. The van der Waals surface area contributed by atoms with Gasteiger partial charge in [-0.1, -0.05) is 33.6 Å². The molecular formula is C14H27NO. The van der Waals surface area contributed by atoms with Crippen LogP contribution < -0.4 is 5.90 Å². The van der Waals surface area contributed by atoms with E-state index in [0.717, 1.165) is 24.4 Å². The smallest absolute Gasteiger partial charge is 0.0707 e. The van der Waals surface area contributed by atoms with E-state index < -0.39 is 0 Å². The molecule has 2 rings (SSSR count). The Hall–Kier alpha value is -0.0800. The van der Waals surface area contributed by atoms with Crippen molar-refractivity contribution in [1.29, 1.82) is 0 Å². The summed E-state index contributed by atoms with van der Waals surface area (Å²) in [5, 5.41) is 0. The predicted molar refractivity (Wildman–Crippen MR) is 66.6 cm³/mol. The molecule has 0 amide bonds. The van der Waals surface area contributed by atoms with Crippen LogP contribution in [0.15, 0.2) is 0 Å². The third-order valence-corrected chi connectivity index (χ3v) is 5.59. The lowest BCUT2D eigenvalue weighted by molar-refractivity contribution is 0.00562. The average molecular weight is 225 g/mol. The second kappa shape index (κ2) is 4.66. The van der Waals surface area contributed by atoms with Crippen LogP contribution in [0.5, 0.6) is 0 Å². The Labute approximate surface area is 99.9 Å². The number of hydrogen-bond acceptors (Lipinski definition) is 2. The molecule has 2 heteroatoms. The molecule has 16 heavy (non-hydrogen) atoms. The Morgan fingerprint density at radius 3 is 2.81 bits per heavy atom. The van der Waals surface area contributed by atoms with Gasteiger partial charge in [0.2, 0.25) is 0 Å². The summed E-state index contributed by atoms with van der Waals surface area (Å²) in [6.07, 6.45) is 7.09. The summed E-state index contributed by atoms with van der Waals surface area (Å²) >= 11 is 0. The van der Waals surface area contributed by atoms with E-state index in [1.54, 1.807) is 0 Å². The summed E-state index contributed by atoms with van der Waals surface area (Å²) in [6, 6.07) is 0. The predicted octanol–water partition coefficient (Wildman–Crippen LogP) is 3.37. The first kappa shape index (κ1) is 12.4. The molecule has 0 aromatic rings. The maximum Gasteiger partial charge on any atom is 0.0707 e. The maximum absolute atomic E-state index is 5.24. The third-order valence-electron chi connectivity index (χ3n) is 5.59. The van der Waals surface area contributed by atoms with E-state index in [4.69, 9.17) is 10.7 Å². The summed E-state index contributed by atoms with van der Waals surface area (Å²) in [6.45, 7) is 8.01. The van der Waals surface area contributed by atoms with Crippen LogP contribution in [-0.2, 0) is 4.84 Å². The Bertz CT molecular complexity index is 243. The fourth-order valence-electron chi connectivity index (χ4n) is 4.81. The minimum atomic E-state index is 0.565. The topological polar surface area (TPSA) is 35.2 Å². The molecule has 2 aliphatic carbocycles. The Balaban J connectivity index is 2.11. The van der Waals surface area contributed by atoms with Crippen LogP contribution in [0.25, 0.3) is 0 Å². The van der Waals surface area contributed by atoms with Crippen LogP contribution in [0.3, 0.4) is 0 Å². The van der Waals surface area contributed by atoms with Crippen molar-refractivity contribution < 1.29 is 4.84 Å². The maximum atomic E-state index is 5.24. The SMILES string of the molecule is C[C@H](CON)C1CCC2[C@@H](C)CCC[C@]12C. The van der Waals surface area contributed by atoms with Crippen molar-refractivity contribution in [3.63, 3.8) is 0 Å². The largest absolute Gasteiger partial charge is 0.304 e. The normalized spacial score (nSPS) is 45.4. The average Bonchev–Trinajstić information content (AvgIpc) is 2.57. The first-order valence-electron chi connectivity index (χ1n) is 6.91. The molecule has 0 aromatic carbocycles. The first-order chi connectivity index (χ1) is 7.59. The molecule has 0 heterocycles. The van der Waals surface area contributed by atoms with E-state index in [1.165, 1.54) is 32.1 Å². The second-order valence-electron chi connectivity index (χ2n) is 6.48. The van der Waals surface area contributed by atoms with Crippen molar-refractivity contribution in [3.8, 4) is 0 Å². The number of nitrogens with two attached hydrogens (primary N) is 1. The summed E-state index contributed by atoms with van der Waals surface area (Å²) < 4.78 is 0. The van der Waals surface area contributed by atoms with Gasteiger partial charge in [0.15, 0.2) is 0 Å². The molecule has 5 atom stereocenters. The fourth-order valence-corrected chi connectivity index (χ4v) is 4.81. The van der Waals surface area contributed by atoms with Crippen LogP contribution in [0.2, 0.25) is 0 Å². The van der Waals surface area contributed by atoms with Crippen molar-refractivity contribution >= 4 is 0 Å². The van der Waals surface area contributed by atoms with Gasteiger partial charge in [-0.25, -0.2) is 5.90 Å². The molecule has 0 aliphatic heterocycles. The molecule has 0 bridgehead atoms. The van der Waals surface area contributed by atoms with Gasteiger partial charge < -0.3 is 4.84 Å². The Kier molecular flexibility index (Phi) is 3.60. The Morgan fingerprint density at radius 1 is 1.38 bits per heavy atom. The van der Waals surface area contributed by atoms with Crippen LogP contribution in [0.1, 0.15) is 52.9 Å². The summed E-state index contributed by atoms with van der Waals surface area (Å²) in [5.41, 5.74) is 0.565. The van der Waals surface area contributed by atoms with Crippen molar-refractivity contribution in [2.24, 2.45) is 35.0 Å². The minimum absolute atomic E-state index is 0.565. The number of fused-ring (bicyclic) bond motifs is 1. The van der Waals surface area contributed by atoms with Gasteiger partial charge in [-0.05, 0) is 48.3 Å². The third kappa shape index (κ3) is 1.91. The second-order valence-corrected chi connectivity index (χ2v) is 6.48. The van der Waals surface area contributed by atoms with Gasteiger partial charge in [-0.2, -0.15) is 0 Å². The molecule has 0 radical (unpaired) electrons. The highest BCUT2D eigenvalue weighted by molar-refractivity contribution is 5.00. The molecule has 2 unspecified atom stereocenters. The van der Waals surface area contributed by atoms with E-state index >= 15 is 0 Å². The highest BCUT2D eigenvalue weighted by atomic mass is 16.6. The molecule has 94 valence electrons. The lowest BCUT2D eigenvalue weighted by Gasteiger charge is -2.45. The molecule has 2 saturated carbocycles. The summed E-state index contributed by atoms with van der Waals surface area (Å²) in [7, 11) is 0. The van der Waals surface area contributed by atoms with E-state index in [0.29, 0.717) is 11.3 Å². The van der Waals surface area contributed by atoms with E-state index in [-0.39, 0.29) is 0 Å². The van der Waals surface area contributed by atoms with Crippen LogP contribution in [0, 0.1) is 29.1 Å². The van der Waals surface area contributed by atoms with Crippen molar-refractivity contribution in [2.45, 2.75) is 52.9 Å². The molecule has 0 spiro atoms. The monoisotopic (exact) mass is 225 g/mol. The molecule has 2 aliphatic rings. The zero-order chi connectivity index (χ0) is 11.8. The van der Waals surface area contributed by atoms with Crippen molar-refractivity contribution in [1.82, 2.24) is 0 Å². The lowest BCUT2D eigenvalue weighted by atomic mass is 9.60. The van der Waals surface area contributed by atoms with Gasteiger partial charge in [0.05, 0.1) is 6.61 Å². The van der Waals surface area contributed by atoms with Gasteiger partial charge >= 0.3 is 0 Å². The minimum Gasteiger partial charge on any atom is -0.304 e. The van der Waals surface area contributed by atoms with Gasteiger partial charge in [0.25, 0.3) is 0 Å². The van der Waals surface area contributed by atoms with Crippen LogP contribution >= 0.6 is 0 Å². The highest BCUT2D eigenvalue weighted by Crippen LogP contribution is 2.59.